The number of Topliss-reactive ketones (excluding diaryl/α,β-unsaturated/α-hetero) is 2. The zero-order valence-corrected chi connectivity index (χ0v) is 6.99. The van der Waals surface area contributed by atoms with Gasteiger partial charge < -0.3 is 0 Å². The molecule has 1 aromatic carbocycles. The van der Waals surface area contributed by atoms with E-state index in [9.17, 15) is 9.59 Å². The predicted octanol–water partition coefficient (Wildman–Crippen LogP) is 1.41. The quantitative estimate of drug-likeness (QED) is 0.554. The van der Waals surface area contributed by atoms with Gasteiger partial charge in [0.2, 0.25) is 11.6 Å². The first-order chi connectivity index (χ1) is 6.29. The maximum atomic E-state index is 11.4. The van der Waals surface area contributed by atoms with Gasteiger partial charge in [-0.05, 0) is 17.5 Å². The summed E-state index contributed by atoms with van der Waals surface area (Å²) in [6.07, 6.45) is 0.719. The molecule has 13 heavy (non-hydrogen) atoms. The molecule has 2 aliphatic rings. The van der Waals surface area contributed by atoms with Crippen LogP contribution >= 0.6 is 0 Å². The first-order valence-corrected chi connectivity index (χ1v) is 4.46. The zero-order valence-electron chi connectivity index (χ0n) is 6.99. The van der Waals surface area contributed by atoms with Crippen LogP contribution in [0.1, 0.15) is 29.4 Å². The lowest BCUT2D eigenvalue weighted by Gasteiger charge is -2.11. The summed E-state index contributed by atoms with van der Waals surface area (Å²) in [6.45, 7) is 0. The number of carbonyl (C=O) groups excluding carboxylic acids is 2. The number of hydrogen-bond acceptors (Lipinski definition) is 2. The topological polar surface area (TPSA) is 34.1 Å². The van der Waals surface area contributed by atoms with Crippen molar-refractivity contribution in [2.75, 3.05) is 0 Å². The van der Waals surface area contributed by atoms with Crippen molar-refractivity contribution < 1.29 is 9.59 Å². The Morgan fingerprint density at radius 1 is 0.923 bits per heavy atom. The molecule has 2 nitrogen and oxygen atoms in total. The van der Waals surface area contributed by atoms with Gasteiger partial charge in [0.05, 0.1) is 11.8 Å². The Morgan fingerprint density at radius 2 is 1.38 bits per heavy atom. The fraction of sp³-hybridized carbons (Fsp3) is 0.273. The summed E-state index contributed by atoms with van der Waals surface area (Å²) in [5.74, 6) is -0.588. The van der Waals surface area contributed by atoms with Crippen LogP contribution in [0.2, 0.25) is 0 Å². The van der Waals surface area contributed by atoms with Gasteiger partial charge in [0.1, 0.15) is 0 Å². The second-order valence-electron chi connectivity index (χ2n) is 3.70. The maximum Gasteiger partial charge on any atom is 0.206 e. The molecule has 0 aliphatic heterocycles. The van der Waals surface area contributed by atoms with Gasteiger partial charge in [-0.15, -0.1) is 0 Å². The van der Waals surface area contributed by atoms with Crippen molar-refractivity contribution >= 4 is 11.6 Å². The minimum atomic E-state index is -0.177. The van der Waals surface area contributed by atoms with Crippen molar-refractivity contribution in [1.82, 2.24) is 0 Å². The summed E-state index contributed by atoms with van der Waals surface area (Å²) in [4.78, 5) is 22.8. The molecule has 0 saturated heterocycles. The fourth-order valence-electron chi connectivity index (χ4n) is 2.48. The van der Waals surface area contributed by atoms with E-state index in [-0.39, 0.29) is 23.4 Å². The lowest BCUT2D eigenvalue weighted by molar-refractivity contribution is -0.135. The Bertz CT molecular complexity index is 381. The molecule has 2 atom stereocenters. The summed E-state index contributed by atoms with van der Waals surface area (Å²) >= 11 is 0. The van der Waals surface area contributed by atoms with E-state index in [0.29, 0.717) is 0 Å². The van der Waals surface area contributed by atoms with Gasteiger partial charge in [0.15, 0.2) is 0 Å². The molecule has 2 aliphatic carbocycles. The highest BCUT2D eigenvalue weighted by atomic mass is 16.2. The van der Waals surface area contributed by atoms with Crippen LogP contribution in [0.15, 0.2) is 24.3 Å². The lowest BCUT2D eigenvalue weighted by Crippen LogP contribution is -2.20. The molecule has 1 saturated carbocycles. The fourth-order valence-corrected chi connectivity index (χ4v) is 2.48. The van der Waals surface area contributed by atoms with E-state index in [1.54, 1.807) is 0 Å². The average Bonchev–Trinajstić information content (AvgIpc) is 2.66. The van der Waals surface area contributed by atoms with E-state index in [0.717, 1.165) is 17.5 Å². The molecule has 3 rings (SSSR count). The molecule has 0 amide bonds. The van der Waals surface area contributed by atoms with E-state index in [4.69, 9.17) is 0 Å². The molecule has 0 aromatic heterocycles. The number of ketones is 2. The number of hydrogen-bond donors (Lipinski definition) is 0. The number of rotatable bonds is 0. The van der Waals surface area contributed by atoms with Crippen LogP contribution in [0.4, 0.5) is 0 Å². The highest BCUT2D eigenvalue weighted by molar-refractivity contribution is 6.44. The molecule has 1 aromatic rings. The van der Waals surface area contributed by atoms with Gasteiger partial charge in [0, 0.05) is 0 Å². The van der Waals surface area contributed by atoms with Crippen LogP contribution in [-0.4, -0.2) is 11.6 Å². The molecule has 64 valence electrons. The van der Waals surface area contributed by atoms with E-state index in [1.807, 2.05) is 24.3 Å². The van der Waals surface area contributed by atoms with Crippen LogP contribution < -0.4 is 0 Å². The highest BCUT2D eigenvalue weighted by Crippen LogP contribution is 2.48. The second-order valence-corrected chi connectivity index (χ2v) is 3.70. The summed E-state index contributed by atoms with van der Waals surface area (Å²) < 4.78 is 0. The van der Waals surface area contributed by atoms with E-state index < -0.39 is 0 Å². The Hall–Kier alpha value is -1.44. The molecule has 0 radical (unpaired) electrons. The van der Waals surface area contributed by atoms with Gasteiger partial charge in [-0.3, -0.25) is 9.59 Å². The molecule has 1 fully saturated rings. The van der Waals surface area contributed by atoms with Crippen LogP contribution in [-0.2, 0) is 9.59 Å². The van der Waals surface area contributed by atoms with Gasteiger partial charge >= 0.3 is 0 Å². The number of benzene rings is 1. The van der Waals surface area contributed by atoms with Crippen LogP contribution in [0.25, 0.3) is 0 Å². The number of fused-ring (bicyclic) bond motifs is 5. The van der Waals surface area contributed by atoms with Gasteiger partial charge in [0.25, 0.3) is 0 Å². The largest absolute Gasteiger partial charge is 0.290 e. The summed E-state index contributed by atoms with van der Waals surface area (Å²) in [7, 11) is 0. The van der Waals surface area contributed by atoms with Crippen LogP contribution in [0, 0.1) is 0 Å². The van der Waals surface area contributed by atoms with Crippen molar-refractivity contribution in [1.29, 1.82) is 0 Å². The summed E-state index contributed by atoms with van der Waals surface area (Å²) in [5.41, 5.74) is 2.16. The van der Waals surface area contributed by atoms with Gasteiger partial charge in [-0.25, -0.2) is 0 Å². The third kappa shape index (κ3) is 0.687. The molecule has 2 heteroatoms. The Balaban J connectivity index is 2.27. The predicted molar refractivity (Wildman–Crippen MR) is 46.6 cm³/mol. The number of carbonyl (C=O) groups is 2. The minimum absolute atomic E-state index is 0.117. The SMILES string of the molecule is O=C1C(=O)C2CC1c1ccccc12. The van der Waals surface area contributed by atoms with Crippen LogP contribution in [0.5, 0.6) is 0 Å². The van der Waals surface area contributed by atoms with Crippen molar-refractivity contribution in [3.8, 4) is 0 Å². The average molecular weight is 172 g/mol. The Morgan fingerprint density at radius 3 is 1.85 bits per heavy atom. The van der Waals surface area contributed by atoms with Crippen molar-refractivity contribution in [2.45, 2.75) is 18.3 Å². The first-order valence-electron chi connectivity index (χ1n) is 4.46. The molecule has 0 heterocycles. The zero-order chi connectivity index (χ0) is 9.00. The van der Waals surface area contributed by atoms with Gasteiger partial charge in [-0.2, -0.15) is 0 Å². The van der Waals surface area contributed by atoms with Gasteiger partial charge in [-0.1, -0.05) is 24.3 Å². The molecule has 0 spiro atoms. The first kappa shape index (κ1) is 7.01. The smallest absolute Gasteiger partial charge is 0.206 e. The molecule has 0 N–H and O–H groups in total. The summed E-state index contributed by atoms with van der Waals surface area (Å²) in [5, 5.41) is 0. The Labute approximate surface area is 75.6 Å². The van der Waals surface area contributed by atoms with E-state index >= 15 is 0 Å². The second kappa shape index (κ2) is 2.08. The Kier molecular flexibility index (Phi) is 1.12. The van der Waals surface area contributed by atoms with Crippen LogP contribution in [0.3, 0.4) is 0 Å². The standard InChI is InChI=1S/C11H8O2/c12-10-8-5-9(11(10)13)7-4-2-1-3-6(7)8/h1-4,8-9H,5H2. The van der Waals surface area contributed by atoms with Crippen molar-refractivity contribution in [3.05, 3.63) is 35.4 Å². The van der Waals surface area contributed by atoms with E-state index in [1.165, 1.54) is 0 Å². The summed E-state index contributed by atoms with van der Waals surface area (Å²) in [6, 6.07) is 7.78. The van der Waals surface area contributed by atoms with Crippen molar-refractivity contribution in [2.24, 2.45) is 0 Å². The monoisotopic (exact) mass is 172 g/mol. The molecule has 2 unspecified atom stereocenters. The normalized spacial score (nSPS) is 29.5. The maximum absolute atomic E-state index is 11.4. The van der Waals surface area contributed by atoms with Crippen molar-refractivity contribution in [3.63, 3.8) is 0 Å². The molecular formula is C11H8O2. The highest BCUT2D eigenvalue weighted by Gasteiger charge is 2.49. The lowest BCUT2D eigenvalue weighted by atomic mass is 9.90. The minimum Gasteiger partial charge on any atom is -0.290 e. The van der Waals surface area contributed by atoms with E-state index in [2.05, 4.69) is 0 Å². The third-order valence-electron chi connectivity index (χ3n) is 3.09. The third-order valence-corrected chi connectivity index (χ3v) is 3.09. The molecular weight excluding hydrogens is 164 g/mol. The molecule has 2 bridgehead atoms.